The van der Waals surface area contributed by atoms with Crippen molar-refractivity contribution in [1.82, 2.24) is 4.98 Å². The summed E-state index contributed by atoms with van der Waals surface area (Å²) in [5, 5.41) is 10.3. The Morgan fingerprint density at radius 2 is 1.83 bits per heavy atom. The highest BCUT2D eigenvalue weighted by molar-refractivity contribution is 7.19. The second kappa shape index (κ2) is 8.60. The summed E-state index contributed by atoms with van der Waals surface area (Å²) in [6, 6.07) is 23.7. The molecule has 146 valence electrons. The van der Waals surface area contributed by atoms with Crippen LogP contribution < -0.4 is 9.47 Å². The number of nitrogens with zero attached hydrogens (tertiary/aromatic N) is 2. The fourth-order valence-electron chi connectivity index (χ4n) is 2.86. The third kappa shape index (κ3) is 4.22. The number of carbonyl (C=O) groups excluding carboxylic acids is 1. The van der Waals surface area contributed by atoms with E-state index in [0.29, 0.717) is 27.6 Å². The van der Waals surface area contributed by atoms with Crippen molar-refractivity contribution < 1.29 is 14.3 Å². The summed E-state index contributed by atoms with van der Waals surface area (Å²) in [5.41, 5.74) is 2.48. The quantitative estimate of drug-likeness (QED) is 0.243. The standard InChI is InChI=1S/C24H16N2O3S/c1-28-19-11-9-17(10-12-19)24(27)29-20-6-4-5-16(14-20)13-18(15-25)23-26-21-7-2-3-8-22(21)30-23/h2-14H,1H3/b18-13-. The van der Waals surface area contributed by atoms with Gasteiger partial charge in [0, 0.05) is 0 Å². The molecule has 1 aromatic heterocycles. The van der Waals surface area contributed by atoms with E-state index in [2.05, 4.69) is 11.1 Å². The van der Waals surface area contributed by atoms with Crippen LogP contribution >= 0.6 is 11.3 Å². The molecule has 0 saturated carbocycles. The summed E-state index contributed by atoms with van der Waals surface area (Å²) in [4.78, 5) is 16.9. The van der Waals surface area contributed by atoms with Crippen molar-refractivity contribution in [1.29, 1.82) is 5.26 Å². The van der Waals surface area contributed by atoms with E-state index in [9.17, 15) is 10.1 Å². The second-order valence-corrected chi connectivity index (χ2v) is 7.38. The zero-order valence-electron chi connectivity index (χ0n) is 16.0. The monoisotopic (exact) mass is 412 g/mol. The summed E-state index contributed by atoms with van der Waals surface area (Å²) in [5.74, 6) is 0.592. The van der Waals surface area contributed by atoms with Gasteiger partial charge >= 0.3 is 5.97 Å². The Labute approximate surface area is 177 Å². The minimum absolute atomic E-state index is 0.395. The van der Waals surface area contributed by atoms with Gasteiger partial charge < -0.3 is 9.47 Å². The number of allylic oxidation sites excluding steroid dienone is 1. The van der Waals surface area contributed by atoms with Crippen LogP contribution in [0, 0.1) is 11.3 Å². The molecule has 0 aliphatic rings. The molecule has 4 rings (SSSR count). The summed E-state index contributed by atoms with van der Waals surface area (Å²) in [6.07, 6.45) is 1.74. The third-order valence-electron chi connectivity index (χ3n) is 4.35. The Hall–Kier alpha value is -3.95. The summed E-state index contributed by atoms with van der Waals surface area (Å²) >= 11 is 1.47. The van der Waals surface area contributed by atoms with Crippen molar-refractivity contribution in [2.45, 2.75) is 0 Å². The van der Waals surface area contributed by atoms with Crippen LogP contribution in [0.2, 0.25) is 0 Å². The highest BCUT2D eigenvalue weighted by Crippen LogP contribution is 2.28. The summed E-state index contributed by atoms with van der Waals surface area (Å²) in [7, 11) is 1.57. The first-order valence-electron chi connectivity index (χ1n) is 9.10. The number of para-hydroxylation sites is 1. The summed E-state index contributed by atoms with van der Waals surface area (Å²) in [6.45, 7) is 0. The lowest BCUT2D eigenvalue weighted by molar-refractivity contribution is 0.0734. The maximum atomic E-state index is 12.4. The number of hydrogen-bond donors (Lipinski definition) is 0. The van der Waals surface area contributed by atoms with Crippen LogP contribution in [0.3, 0.4) is 0 Å². The number of fused-ring (bicyclic) bond motifs is 1. The summed E-state index contributed by atoms with van der Waals surface area (Å²) < 4.78 is 11.6. The van der Waals surface area contributed by atoms with Gasteiger partial charge in [-0.2, -0.15) is 5.26 Å². The van der Waals surface area contributed by atoms with Gasteiger partial charge in [0.25, 0.3) is 0 Å². The predicted octanol–water partition coefficient (Wildman–Crippen LogP) is 5.59. The van der Waals surface area contributed by atoms with Crippen molar-refractivity contribution in [2.75, 3.05) is 7.11 Å². The normalized spacial score (nSPS) is 11.1. The van der Waals surface area contributed by atoms with Crippen molar-refractivity contribution in [3.8, 4) is 17.6 Å². The Kier molecular flexibility index (Phi) is 5.55. The molecule has 1 heterocycles. The zero-order chi connectivity index (χ0) is 20.9. The first-order valence-corrected chi connectivity index (χ1v) is 9.92. The second-order valence-electron chi connectivity index (χ2n) is 6.35. The Morgan fingerprint density at radius 3 is 2.57 bits per heavy atom. The van der Waals surface area contributed by atoms with E-state index in [1.807, 2.05) is 30.3 Å². The number of thiazole rings is 1. The number of methoxy groups -OCH3 is 1. The Bertz CT molecular complexity index is 1250. The topological polar surface area (TPSA) is 72.2 Å². The number of nitriles is 1. The van der Waals surface area contributed by atoms with E-state index in [1.165, 1.54) is 11.3 Å². The zero-order valence-corrected chi connectivity index (χ0v) is 16.8. The molecule has 0 aliphatic carbocycles. The number of benzene rings is 3. The van der Waals surface area contributed by atoms with Crippen molar-refractivity contribution in [3.05, 3.63) is 88.9 Å². The average molecular weight is 412 g/mol. The van der Waals surface area contributed by atoms with Gasteiger partial charge in [0.1, 0.15) is 22.6 Å². The lowest BCUT2D eigenvalue weighted by Gasteiger charge is -2.06. The fraction of sp³-hybridized carbons (Fsp3) is 0.0417. The number of carbonyl (C=O) groups is 1. The van der Waals surface area contributed by atoms with Gasteiger partial charge in [-0.3, -0.25) is 0 Å². The maximum absolute atomic E-state index is 12.4. The molecule has 0 unspecified atom stereocenters. The number of rotatable bonds is 5. The molecule has 5 nitrogen and oxygen atoms in total. The van der Waals surface area contributed by atoms with Crippen LogP contribution in [0.5, 0.6) is 11.5 Å². The molecule has 6 heteroatoms. The number of aromatic nitrogens is 1. The molecule has 0 aliphatic heterocycles. The molecule has 0 spiro atoms. The van der Waals surface area contributed by atoms with Gasteiger partial charge in [-0.25, -0.2) is 9.78 Å². The van der Waals surface area contributed by atoms with Crippen LogP contribution in [0.4, 0.5) is 0 Å². The van der Waals surface area contributed by atoms with Gasteiger partial charge in [-0.05, 0) is 60.2 Å². The number of ether oxygens (including phenoxy) is 2. The van der Waals surface area contributed by atoms with Crippen molar-refractivity contribution in [2.24, 2.45) is 0 Å². The Morgan fingerprint density at radius 1 is 1.03 bits per heavy atom. The number of hydrogen-bond acceptors (Lipinski definition) is 6. The lowest BCUT2D eigenvalue weighted by atomic mass is 10.1. The maximum Gasteiger partial charge on any atom is 0.343 e. The van der Waals surface area contributed by atoms with E-state index in [4.69, 9.17) is 9.47 Å². The van der Waals surface area contributed by atoms with Crippen LogP contribution in [0.15, 0.2) is 72.8 Å². The van der Waals surface area contributed by atoms with Gasteiger partial charge in [0.2, 0.25) is 0 Å². The molecule has 30 heavy (non-hydrogen) atoms. The first kappa shape index (κ1) is 19.4. The minimum atomic E-state index is -0.467. The van der Waals surface area contributed by atoms with Gasteiger partial charge in [-0.1, -0.05) is 24.3 Å². The molecule has 0 radical (unpaired) electrons. The number of esters is 1. The smallest absolute Gasteiger partial charge is 0.343 e. The molecular weight excluding hydrogens is 396 g/mol. The molecule has 0 bridgehead atoms. The molecule has 0 saturated heterocycles. The van der Waals surface area contributed by atoms with Crippen molar-refractivity contribution >= 4 is 39.2 Å². The lowest BCUT2D eigenvalue weighted by Crippen LogP contribution is -2.08. The van der Waals surface area contributed by atoms with E-state index in [0.717, 1.165) is 15.8 Å². The molecule has 0 N–H and O–H groups in total. The largest absolute Gasteiger partial charge is 0.497 e. The van der Waals surface area contributed by atoms with Gasteiger partial charge in [0.15, 0.2) is 0 Å². The molecule has 3 aromatic carbocycles. The van der Waals surface area contributed by atoms with Crippen molar-refractivity contribution in [3.63, 3.8) is 0 Å². The fourth-order valence-corrected chi connectivity index (χ4v) is 3.79. The highest BCUT2D eigenvalue weighted by Gasteiger charge is 2.11. The molecule has 0 fully saturated rings. The predicted molar refractivity (Wildman–Crippen MR) is 117 cm³/mol. The van der Waals surface area contributed by atoms with Crippen LogP contribution in [0.25, 0.3) is 21.9 Å². The SMILES string of the molecule is COc1ccc(C(=O)Oc2cccc(/C=C(/C#N)c3nc4ccccc4s3)c2)cc1. The molecule has 0 atom stereocenters. The van der Waals surface area contributed by atoms with Crippen LogP contribution in [-0.4, -0.2) is 18.1 Å². The van der Waals surface area contributed by atoms with E-state index < -0.39 is 5.97 Å². The van der Waals surface area contributed by atoms with E-state index in [1.54, 1.807) is 55.7 Å². The minimum Gasteiger partial charge on any atom is -0.497 e. The van der Waals surface area contributed by atoms with E-state index in [-0.39, 0.29) is 0 Å². The molecule has 4 aromatic rings. The molecule has 0 amide bonds. The first-order chi connectivity index (χ1) is 14.7. The van der Waals surface area contributed by atoms with Gasteiger partial charge in [-0.15, -0.1) is 11.3 Å². The van der Waals surface area contributed by atoms with Crippen LogP contribution in [-0.2, 0) is 0 Å². The molecular formula is C24H16N2O3S. The highest BCUT2D eigenvalue weighted by atomic mass is 32.1. The van der Waals surface area contributed by atoms with Gasteiger partial charge in [0.05, 0.1) is 28.5 Å². The average Bonchev–Trinajstić information content (AvgIpc) is 3.22. The van der Waals surface area contributed by atoms with E-state index >= 15 is 0 Å². The third-order valence-corrected chi connectivity index (χ3v) is 5.42. The Balaban J connectivity index is 1.57. The van der Waals surface area contributed by atoms with Crippen LogP contribution in [0.1, 0.15) is 20.9 Å².